The van der Waals surface area contributed by atoms with Crippen molar-refractivity contribution in [3.05, 3.63) is 77.6 Å². The van der Waals surface area contributed by atoms with Gasteiger partial charge in [-0.3, -0.25) is 9.59 Å². The summed E-state index contributed by atoms with van der Waals surface area (Å²) in [6.45, 7) is 12.2. The molecular weight excluding hydrogens is 474 g/mol. The van der Waals surface area contributed by atoms with Gasteiger partial charge < -0.3 is 19.9 Å². The molecule has 2 aromatic carbocycles. The molecule has 1 aromatic heterocycles. The van der Waals surface area contributed by atoms with Crippen molar-refractivity contribution in [2.45, 2.75) is 45.4 Å². The van der Waals surface area contributed by atoms with E-state index < -0.39 is 0 Å². The van der Waals surface area contributed by atoms with Gasteiger partial charge in [0.05, 0.1) is 24.6 Å². The highest BCUT2D eigenvalue weighted by Gasteiger charge is 2.26. The van der Waals surface area contributed by atoms with Crippen LogP contribution in [0.3, 0.4) is 0 Å². The number of aryl methyl sites for hydroxylation is 2. The molecule has 3 rings (SSSR count). The number of hydrogen-bond donors (Lipinski definition) is 2. The van der Waals surface area contributed by atoms with Gasteiger partial charge in [-0.1, -0.05) is 55.4 Å². The molecule has 1 heterocycles. The maximum atomic E-state index is 13.0. The first-order chi connectivity index (χ1) is 17.2. The predicted octanol–water partition coefficient (Wildman–Crippen LogP) is 4.95. The number of nitrogens with zero attached hydrogens (tertiary/aromatic N) is 3. The van der Waals surface area contributed by atoms with Crippen molar-refractivity contribution >= 4 is 29.3 Å². The summed E-state index contributed by atoms with van der Waals surface area (Å²) < 4.78 is 7.23. The summed E-state index contributed by atoms with van der Waals surface area (Å²) in [4.78, 5) is 25.7. The van der Waals surface area contributed by atoms with Crippen LogP contribution in [0.2, 0.25) is 0 Å². The van der Waals surface area contributed by atoms with Gasteiger partial charge in [-0.15, -0.1) is 16.8 Å². The normalized spacial score (nSPS) is 11.7. The third-order valence-electron chi connectivity index (χ3n) is 5.53. The molecule has 0 saturated carbocycles. The van der Waals surface area contributed by atoms with E-state index in [9.17, 15) is 9.59 Å². The van der Waals surface area contributed by atoms with Gasteiger partial charge in [0.15, 0.2) is 11.0 Å². The number of hydrogen-bond acceptors (Lipinski definition) is 6. The second kappa shape index (κ2) is 12.4. The molecule has 0 aliphatic heterocycles. The summed E-state index contributed by atoms with van der Waals surface area (Å²) in [6.07, 6.45) is 1.74. The van der Waals surface area contributed by atoms with E-state index in [2.05, 4.69) is 27.4 Å². The second-order valence-electron chi connectivity index (χ2n) is 8.85. The quantitative estimate of drug-likeness (QED) is 0.282. The van der Waals surface area contributed by atoms with Crippen molar-refractivity contribution in [2.75, 3.05) is 18.2 Å². The smallest absolute Gasteiger partial charge is 0.251 e. The van der Waals surface area contributed by atoms with Crippen LogP contribution in [0.15, 0.2) is 60.3 Å². The minimum absolute atomic E-state index is 0.0569. The average Bonchev–Trinajstić information content (AvgIpc) is 3.23. The van der Waals surface area contributed by atoms with Crippen LogP contribution in [-0.4, -0.2) is 39.4 Å². The van der Waals surface area contributed by atoms with E-state index >= 15 is 0 Å². The fourth-order valence-corrected chi connectivity index (χ4v) is 4.47. The van der Waals surface area contributed by atoms with Gasteiger partial charge in [-0.2, -0.15) is 0 Å². The monoisotopic (exact) mass is 507 g/mol. The van der Waals surface area contributed by atoms with Crippen molar-refractivity contribution in [2.24, 2.45) is 5.92 Å². The Morgan fingerprint density at radius 3 is 2.56 bits per heavy atom. The molecule has 0 radical (unpaired) electrons. The van der Waals surface area contributed by atoms with E-state index in [1.54, 1.807) is 19.3 Å². The molecule has 3 aromatic rings. The fraction of sp³-hybridized carbons (Fsp3) is 0.333. The summed E-state index contributed by atoms with van der Waals surface area (Å²) >= 11 is 1.28. The zero-order chi connectivity index (χ0) is 26.2. The Bertz CT molecular complexity index is 1240. The molecule has 190 valence electrons. The number of nitrogens with one attached hydrogen (secondary N) is 2. The van der Waals surface area contributed by atoms with E-state index in [1.807, 2.05) is 68.7 Å². The Morgan fingerprint density at radius 2 is 1.89 bits per heavy atom. The number of carbonyl (C=O) groups is 2. The lowest BCUT2D eigenvalue weighted by Gasteiger charge is -2.22. The van der Waals surface area contributed by atoms with Crippen molar-refractivity contribution < 1.29 is 14.3 Å². The first-order valence-electron chi connectivity index (χ1n) is 11.7. The molecule has 36 heavy (non-hydrogen) atoms. The highest BCUT2D eigenvalue weighted by atomic mass is 32.2. The average molecular weight is 508 g/mol. The van der Waals surface area contributed by atoms with Gasteiger partial charge in [-0.05, 0) is 49.6 Å². The molecule has 9 heteroatoms. The molecular formula is C27H33N5O3S. The van der Waals surface area contributed by atoms with Crippen molar-refractivity contribution in [3.8, 4) is 5.75 Å². The SMILES string of the molecule is C=CCn1c(SCC(=O)Nc2cc(C)ccc2OC)nnc1[C@@H](NC(=O)c1cccc(C)c1)C(C)C. The molecule has 0 fully saturated rings. The number of rotatable bonds is 11. The van der Waals surface area contributed by atoms with E-state index in [-0.39, 0.29) is 29.5 Å². The van der Waals surface area contributed by atoms with Gasteiger partial charge in [0.1, 0.15) is 5.75 Å². The molecule has 0 unspecified atom stereocenters. The Morgan fingerprint density at radius 1 is 1.14 bits per heavy atom. The molecule has 0 spiro atoms. The highest BCUT2D eigenvalue weighted by Crippen LogP contribution is 2.28. The lowest BCUT2D eigenvalue weighted by atomic mass is 10.0. The third kappa shape index (κ3) is 6.75. The lowest BCUT2D eigenvalue weighted by molar-refractivity contribution is -0.113. The minimum atomic E-state index is -0.370. The fourth-order valence-electron chi connectivity index (χ4n) is 3.71. The Balaban J connectivity index is 1.76. The van der Waals surface area contributed by atoms with Crippen LogP contribution >= 0.6 is 11.8 Å². The van der Waals surface area contributed by atoms with Crippen LogP contribution in [0.4, 0.5) is 5.69 Å². The maximum absolute atomic E-state index is 13.0. The minimum Gasteiger partial charge on any atom is -0.495 e. The topological polar surface area (TPSA) is 98.1 Å². The van der Waals surface area contributed by atoms with Crippen LogP contribution < -0.4 is 15.4 Å². The van der Waals surface area contributed by atoms with Crippen LogP contribution in [0, 0.1) is 19.8 Å². The van der Waals surface area contributed by atoms with Gasteiger partial charge in [0.2, 0.25) is 5.91 Å². The molecule has 2 N–H and O–H groups in total. The first-order valence-corrected chi connectivity index (χ1v) is 12.7. The number of thioether (sulfide) groups is 1. The van der Waals surface area contributed by atoms with Gasteiger partial charge in [-0.25, -0.2) is 0 Å². The van der Waals surface area contributed by atoms with Gasteiger partial charge in [0.25, 0.3) is 5.91 Å². The van der Waals surface area contributed by atoms with Crippen LogP contribution in [0.5, 0.6) is 5.75 Å². The molecule has 8 nitrogen and oxygen atoms in total. The predicted molar refractivity (Wildman–Crippen MR) is 144 cm³/mol. The number of anilines is 1. The van der Waals surface area contributed by atoms with Crippen LogP contribution in [-0.2, 0) is 11.3 Å². The lowest BCUT2D eigenvalue weighted by Crippen LogP contribution is -2.34. The molecule has 1 atom stereocenters. The number of methoxy groups -OCH3 is 1. The number of carbonyl (C=O) groups excluding carboxylic acids is 2. The first kappa shape index (κ1) is 27.0. The van der Waals surface area contributed by atoms with E-state index in [0.717, 1.165) is 11.1 Å². The number of benzene rings is 2. The molecule has 0 aliphatic rings. The summed E-state index contributed by atoms with van der Waals surface area (Å²) in [6, 6.07) is 12.7. The molecule has 0 aliphatic carbocycles. The number of ether oxygens (including phenoxy) is 1. The van der Waals surface area contributed by atoms with E-state index in [4.69, 9.17) is 4.74 Å². The van der Waals surface area contributed by atoms with Crippen molar-refractivity contribution in [3.63, 3.8) is 0 Å². The number of amides is 2. The number of aromatic nitrogens is 3. The summed E-state index contributed by atoms with van der Waals surface area (Å²) in [5, 5.41) is 15.3. The number of allylic oxidation sites excluding steroid dienone is 1. The van der Waals surface area contributed by atoms with E-state index in [1.165, 1.54) is 11.8 Å². The van der Waals surface area contributed by atoms with Crippen LogP contribution in [0.1, 0.15) is 47.2 Å². The zero-order valence-corrected chi connectivity index (χ0v) is 22.2. The van der Waals surface area contributed by atoms with Gasteiger partial charge in [0, 0.05) is 12.1 Å². The third-order valence-corrected chi connectivity index (χ3v) is 6.50. The van der Waals surface area contributed by atoms with E-state index in [0.29, 0.717) is 34.5 Å². The van der Waals surface area contributed by atoms with Crippen molar-refractivity contribution in [1.29, 1.82) is 0 Å². The Labute approximate surface area is 216 Å². The molecule has 0 saturated heterocycles. The Hall–Kier alpha value is -3.59. The maximum Gasteiger partial charge on any atom is 0.251 e. The van der Waals surface area contributed by atoms with Crippen molar-refractivity contribution in [1.82, 2.24) is 20.1 Å². The summed E-state index contributed by atoms with van der Waals surface area (Å²) in [5.41, 5.74) is 3.24. The Kier molecular flexibility index (Phi) is 9.30. The summed E-state index contributed by atoms with van der Waals surface area (Å²) in [7, 11) is 1.57. The standard InChI is InChI=1S/C27H33N5O3S/c1-7-13-32-25(24(17(2)3)29-26(34)20-10-8-9-18(4)14-20)30-31-27(32)36-16-23(33)28-21-15-19(5)11-12-22(21)35-6/h7-12,14-15,17,24H,1,13,16H2,2-6H3,(H,28,33)(H,29,34)/t24-/m0/s1. The molecule has 2 amide bonds. The second-order valence-corrected chi connectivity index (χ2v) is 9.79. The van der Waals surface area contributed by atoms with Crippen LogP contribution in [0.25, 0.3) is 0 Å². The van der Waals surface area contributed by atoms with Gasteiger partial charge >= 0.3 is 0 Å². The molecule has 0 bridgehead atoms. The summed E-state index contributed by atoms with van der Waals surface area (Å²) in [5.74, 6) is 1.04. The largest absolute Gasteiger partial charge is 0.495 e. The zero-order valence-electron chi connectivity index (χ0n) is 21.4. The highest BCUT2D eigenvalue weighted by molar-refractivity contribution is 7.99.